The molecule has 0 aliphatic carbocycles. The van der Waals surface area contributed by atoms with Crippen molar-refractivity contribution >= 4 is 28.1 Å². The molecule has 3 rings (SSSR count). The van der Waals surface area contributed by atoms with E-state index in [2.05, 4.69) is 5.32 Å². The summed E-state index contributed by atoms with van der Waals surface area (Å²) in [6.45, 7) is 0.442. The lowest BCUT2D eigenvalue weighted by Crippen LogP contribution is -2.24. The predicted molar refractivity (Wildman–Crippen MR) is 96.9 cm³/mol. The summed E-state index contributed by atoms with van der Waals surface area (Å²) in [7, 11) is 1.78. The number of rotatable bonds is 5. The Morgan fingerprint density at radius 1 is 1.00 bits per heavy atom. The van der Waals surface area contributed by atoms with Gasteiger partial charge < -0.3 is 10.2 Å². The molecule has 0 radical (unpaired) electrons. The monoisotopic (exact) mass is 322 g/mol. The highest BCUT2D eigenvalue weighted by Gasteiger charge is 2.10. The molecule has 0 saturated heterocycles. The lowest BCUT2D eigenvalue weighted by molar-refractivity contribution is -0.116. The van der Waals surface area contributed by atoms with Gasteiger partial charge >= 0.3 is 0 Å². The third kappa shape index (κ3) is 3.54. The second-order valence-electron chi connectivity index (χ2n) is 5.70. The highest BCUT2D eigenvalue weighted by atomic mass is 19.1. The van der Waals surface area contributed by atoms with Crippen molar-refractivity contribution in [2.24, 2.45) is 0 Å². The number of benzene rings is 3. The maximum atomic E-state index is 13.7. The van der Waals surface area contributed by atoms with Gasteiger partial charge in [-0.05, 0) is 23.6 Å². The maximum absolute atomic E-state index is 13.7. The molecule has 3 nitrogen and oxygen atoms in total. The smallest absolute Gasteiger partial charge is 0.226 e. The second-order valence-corrected chi connectivity index (χ2v) is 5.70. The van der Waals surface area contributed by atoms with Crippen molar-refractivity contribution in [2.75, 3.05) is 23.8 Å². The summed E-state index contributed by atoms with van der Waals surface area (Å²) in [6.07, 6.45) is 0.286. The van der Waals surface area contributed by atoms with E-state index in [9.17, 15) is 9.18 Å². The van der Waals surface area contributed by atoms with Crippen LogP contribution in [0.25, 0.3) is 10.8 Å². The van der Waals surface area contributed by atoms with Crippen molar-refractivity contribution in [1.82, 2.24) is 0 Å². The number of carbonyl (C=O) groups is 1. The van der Waals surface area contributed by atoms with Crippen molar-refractivity contribution in [1.29, 1.82) is 0 Å². The van der Waals surface area contributed by atoms with E-state index in [1.54, 1.807) is 30.1 Å². The van der Waals surface area contributed by atoms with Crippen LogP contribution in [0.2, 0.25) is 0 Å². The third-order valence-corrected chi connectivity index (χ3v) is 4.00. The van der Waals surface area contributed by atoms with E-state index in [4.69, 9.17) is 0 Å². The summed E-state index contributed by atoms with van der Waals surface area (Å²) in [5.74, 6) is -0.371. The highest BCUT2D eigenvalue weighted by molar-refractivity contribution is 6.02. The van der Waals surface area contributed by atoms with Crippen LogP contribution in [-0.4, -0.2) is 19.5 Å². The van der Waals surface area contributed by atoms with E-state index in [0.717, 1.165) is 16.5 Å². The largest absolute Gasteiger partial charge is 0.372 e. The van der Waals surface area contributed by atoms with E-state index >= 15 is 0 Å². The molecule has 3 aromatic rings. The SMILES string of the molecule is CN(CCC(=O)Nc1cccc2ccccc12)c1ccccc1F. The molecule has 4 heteroatoms. The summed E-state index contributed by atoms with van der Waals surface area (Å²) in [6, 6.07) is 20.3. The van der Waals surface area contributed by atoms with Gasteiger partial charge in [0.2, 0.25) is 5.91 Å². The Labute approximate surface area is 140 Å². The number of nitrogens with one attached hydrogen (secondary N) is 1. The van der Waals surface area contributed by atoms with Crippen LogP contribution in [0.15, 0.2) is 66.7 Å². The van der Waals surface area contributed by atoms with Crippen LogP contribution in [0.3, 0.4) is 0 Å². The maximum Gasteiger partial charge on any atom is 0.226 e. The molecule has 0 saturated carbocycles. The van der Waals surface area contributed by atoms with Gasteiger partial charge in [-0.25, -0.2) is 4.39 Å². The van der Waals surface area contributed by atoms with Gasteiger partial charge in [0.05, 0.1) is 5.69 Å². The summed E-state index contributed by atoms with van der Waals surface area (Å²) in [4.78, 5) is 14.0. The minimum atomic E-state index is -0.283. The van der Waals surface area contributed by atoms with Crippen LogP contribution in [0, 0.1) is 5.82 Å². The molecule has 0 atom stereocenters. The first kappa shape index (κ1) is 16.0. The van der Waals surface area contributed by atoms with Crippen LogP contribution >= 0.6 is 0 Å². The third-order valence-electron chi connectivity index (χ3n) is 4.00. The summed E-state index contributed by atoms with van der Waals surface area (Å²) in [5.41, 5.74) is 1.29. The van der Waals surface area contributed by atoms with E-state index < -0.39 is 0 Å². The Bertz CT molecular complexity index is 858. The van der Waals surface area contributed by atoms with Crippen LogP contribution in [0.5, 0.6) is 0 Å². The average molecular weight is 322 g/mol. The minimum absolute atomic E-state index is 0.0884. The zero-order valence-corrected chi connectivity index (χ0v) is 13.5. The highest BCUT2D eigenvalue weighted by Crippen LogP contribution is 2.23. The van der Waals surface area contributed by atoms with E-state index in [-0.39, 0.29) is 18.1 Å². The number of hydrogen-bond acceptors (Lipinski definition) is 2. The normalized spacial score (nSPS) is 10.6. The van der Waals surface area contributed by atoms with Gasteiger partial charge in [-0.2, -0.15) is 0 Å². The standard InChI is InChI=1S/C20H19FN2O/c1-23(19-12-5-4-10-17(19)21)14-13-20(24)22-18-11-6-8-15-7-2-3-9-16(15)18/h2-12H,13-14H2,1H3,(H,22,24). The molecule has 1 amide bonds. The molecule has 0 bridgehead atoms. The number of fused-ring (bicyclic) bond motifs is 1. The average Bonchev–Trinajstić information content (AvgIpc) is 2.60. The fourth-order valence-electron chi connectivity index (χ4n) is 2.70. The molecule has 0 aliphatic rings. The van der Waals surface area contributed by atoms with Gasteiger partial charge in [0.1, 0.15) is 5.82 Å². The quantitative estimate of drug-likeness (QED) is 0.753. The van der Waals surface area contributed by atoms with Crippen molar-refractivity contribution in [3.63, 3.8) is 0 Å². The van der Waals surface area contributed by atoms with Gasteiger partial charge in [0.15, 0.2) is 0 Å². The Balaban J connectivity index is 1.64. The molecular formula is C20H19FN2O. The molecule has 0 aliphatic heterocycles. The van der Waals surface area contributed by atoms with Crippen LogP contribution in [0.1, 0.15) is 6.42 Å². The van der Waals surface area contributed by atoms with Crippen molar-refractivity contribution < 1.29 is 9.18 Å². The zero-order valence-electron chi connectivity index (χ0n) is 13.5. The lowest BCUT2D eigenvalue weighted by Gasteiger charge is -2.19. The fourth-order valence-corrected chi connectivity index (χ4v) is 2.70. The Morgan fingerprint density at radius 3 is 2.54 bits per heavy atom. The van der Waals surface area contributed by atoms with Gasteiger partial charge in [-0.15, -0.1) is 0 Å². The molecule has 24 heavy (non-hydrogen) atoms. The summed E-state index contributed by atoms with van der Waals surface area (Å²) < 4.78 is 13.7. The molecule has 122 valence electrons. The lowest BCUT2D eigenvalue weighted by atomic mass is 10.1. The van der Waals surface area contributed by atoms with Crippen LogP contribution < -0.4 is 10.2 Å². The zero-order chi connectivity index (χ0) is 16.9. The number of carbonyl (C=O) groups excluding carboxylic acids is 1. The first-order valence-corrected chi connectivity index (χ1v) is 7.88. The molecule has 0 fully saturated rings. The van der Waals surface area contributed by atoms with E-state index in [1.165, 1.54) is 6.07 Å². The van der Waals surface area contributed by atoms with Crippen molar-refractivity contribution in [2.45, 2.75) is 6.42 Å². The minimum Gasteiger partial charge on any atom is -0.372 e. The number of para-hydroxylation sites is 1. The van der Waals surface area contributed by atoms with E-state index in [1.807, 2.05) is 42.5 Å². The molecule has 0 heterocycles. The van der Waals surface area contributed by atoms with Crippen molar-refractivity contribution in [3.05, 3.63) is 72.5 Å². The Morgan fingerprint density at radius 2 is 1.71 bits per heavy atom. The first-order chi connectivity index (χ1) is 11.6. The first-order valence-electron chi connectivity index (χ1n) is 7.88. The van der Waals surface area contributed by atoms with Crippen LogP contribution in [-0.2, 0) is 4.79 Å². The molecule has 0 spiro atoms. The van der Waals surface area contributed by atoms with Gasteiger partial charge in [-0.3, -0.25) is 4.79 Å². The van der Waals surface area contributed by atoms with Gasteiger partial charge in [0.25, 0.3) is 0 Å². The predicted octanol–water partition coefficient (Wildman–Crippen LogP) is 4.44. The second kappa shape index (κ2) is 7.13. The topological polar surface area (TPSA) is 32.3 Å². The van der Waals surface area contributed by atoms with Crippen molar-refractivity contribution in [3.8, 4) is 0 Å². The molecule has 1 N–H and O–H groups in total. The Kier molecular flexibility index (Phi) is 4.75. The number of anilines is 2. The van der Waals surface area contributed by atoms with Gasteiger partial charge in [-0.1, -0.05) is 48.5 Å². The molecule has 0 unspecified atom stereocenters. The Hall–Kier alpha value is -2.88. The number of nitrogens with zero attached hydrogens (tertiary/aromatic N) is 1. The summed E-state index contributed by atoms with van der Waals surface area (Å²) in [5, 5.41) is 5.04. The van der Waals surface area contributed by atoms with E-state index in [0.29, 0.717) is 12.2 Å². The summed E-state index contributed by atoms with van der Waals surface area (Å²) >= 11 is 0. The fraction of sp³-hybridized carbons (Fsp3) is 0.150. The molecule has 3 aromatic carbocycles. The van der Waals surface area contributed by atoms with Crippen LogP contribution in [0.4, 0.5) is 15.8 Å². The number of amides is 1. The number of halogens is 1. The number of hydrogen-bond donors (Lipinski definition) is 1. The molecule has 0 aromatic heterocycles. The van der Waals surface area contributed by atoms with Gasteiger partial charge in [0, 0.05) is 31.1 Å². The molecular weight excluding hydrogens is 303 g/mol.